The van der Waals surface area contributed by atoms with Crippen molar-refractivity contribution in [1.82, 2.24) is 9.97 Å². The van der Waals surface area contributed by atoms with Crippen molar-refractivity contribution in [2.75, 3.05) is 0 Å². The summed E-state index contributed by atoms with van der Waals surface area (Å²) in [5, 5.41) is 13.1. The molecule has 104 valence electrons. The van der Waals surface area contributed by atoms with Gasteiger partial charge < -0.3 is 0 Å². The molecule has 0 unspecified atom stereocenters. The van der Waals surface area contributed by atoms with Gasteiger partial charge in [0.2, 0.25) is 0 Å². The van der Waals surface area contributed by atoms with Crippen LogP contribution in [0.25, 0.3) is 32.2 Å². The van der Waals surface area contributed by atoms with Gasteiger partial charge >= 0.3 is 0 Å². The highest BCUT2D eigenvalue weighted by Crippen LogP contribution is 2.35. The van der Waals surface area contributed by atoms with E-state index in [1.165, 1.54) is 0 Å². The van der Waals surface area contributed by atoms with Crippen LogP contribution < -0.4 is 0 Å². The Morgan fingerprint density at radius 2 is 1.45 bits per heavy atom. The van der Waals surface area contributed by atoms with Crippen molar-refractivity contribution in [3.8, 4) is 27.2 Å². The van der Waals surface area contributed by atoms with Crippen LogP contribution in [0.15, 0.2) is 53.2 Å². The highest BCUT2D eigenvalue weighted by Gasteiger charge is 2.14. The van der Waals surface area contributed by atoms with Gasteiger partial charge in [0.15, 0.2) is 0 Å². The van der Waals surface area contributed by atoms with E-state index >= 15 is 0 Å². The molecule has 0 bridgehead atoms. The van der Waals surface area contributed by atoms with Gasteiger partial charge in [-0.2, -0.15) is 5.26 Å². The molecule has 0 amide bonds. The van der Waals surface area contributed by atoms with Crippen molar-refractivity contribution < 1.29 is 0 Å². The van der Waals surface area contributed by atoms with Crippen LogP contribution in [0.3, 0.4) is 0 Å². The fraction of sp³-hybridized carbons (Fsp3) is 0. The first-order valence-corrected chi connectivity index (χ1v) is 8.41. The number of thiophene rings is 2. The summed E-state index contributed by atoms with van der Waals surface area (Å²) in [4.78, 5) is 11.8. The monoisotopic (exact) mass is 319 g/mol. The van der Waals surface area contributed by atoms with Gasteiger partial charge in [-0.05, 0) is 41.1 Å². The number of rotatable bonds is 2. The Labute approximate surface area is 135 Å². The van der Waals surface area contributed by atoms with Gasteiger partial charge in [0.05, 0.1) is 32.4 Å². The third kappa shape index (κ3) is 2.19. The topological polar surface area (TPSA) is 49.6 Å². The molecule has 0 saturated heterocycles. The Balaban J connectivity index is 2.04. The van der Waals surface area contributed by atoms with Crippen molar-refractivity contribution >= 4 is 33.7 Å². The fourth-order valence-corrected chi connectivity index (χ4v) is 3.72. The van der Waals surface area contributed by atoms with Crippen molar-refractivity contribution in [2.45, 2.75) is 0 Å². The van der Waals surface area contributed by atoms with E-state index in [0.717, 1.165) is 32.2 Å². The average molecular weight is 319 g/mol. The molecule has 1 aromatic carbocycles. The molecule has 0 atom stereocenters. The Bertz CT molecular complexity index is 981. The van der Waals surface area contributed by atoms with Gasteiger partial charge in [-0.15, -0.1) is 22.7 Å². The SMILES string of the molecule is N#Cc1ccc2nc(-c3cccs3)c(-c3cccs3)nc2c1. The quantitative estimate of drug-likeness (QED) is 0.525. The summed E-state index contributed by atoms with van der Waals surface area (Å²) in [5.74, 6) is 0. The van der Waals surface area contributed by atoms with Crippen LogP contribution in [0.5, 0.6) is 0 Å². The number of hydrogen-bond donors (Lipinski definition) is 0. The van der Waals surface area contributed by atoms with Crippen molar-refractivity contribution in [3.63, 3.8) is 0 Å². The maximum Gasteiger partial charge on any atom is 0.108 e. The van der Waals surface area contributed by atoms with E-state index in [4.69, 9.17) is 15.2 Å². The molecule has 3 nitrogen and oxygen atoms in total. The maximum absolute atomic E-state index is 9.06. The molecule has 5 heteroatoms. The van der Waals surface area contributed by atoms with E-state index in [2.05, 4.69) is 12.1 Å². The zero-order valence-electron chi connectivity index (χ0n) is 11.4. The smallest absolute Gasteiger partial charge is 0.108 e. The van der Waals surface area contributed by atoms with E-state index in [-0.39, 0.29) is 0 Å². The Morgan fingerprint density at radius 3 is 2.00 bits per heavy atom. The minimum atomic E-state index is 0.600. The number of benzene rings is 1. The first kappa shape index (κ1) is 13.1. The highest BCUT2D eigenvalue weighted by atomic mass is 32.1. The lowest BCUT2D eigenvalue weighted by Crippen LogP contribution is -1.93. The van der Waals surface area contributed by atoms with E-state index < -0.39 is 0 Å². The Morgan fingerprint density at radius 1 is 0.818 bits per heavy atom. The molecule has 0 fully saturated rings. The normalized spacial score (nSPS) is 10.7. The zero-order valence-corrected chi connectivity index (χ0v) is 13.0. The van der Waals surface area contributed by atoms with Crippen LogP contribution in [0.2, 0.25) is 0 Å². The molecule has 0 aliphatic rings. The molecular weight excluding hydrogens is 310 g/mol. The van der Waals surface area contributed by atoms with Gasteiger partial charge in [0.1, 0.15) is 11.4 Å². The van der Waals surface area contributed by atoms with Gasteiger partial charge in [0, 0.05) is 0 Å². The minimum absolute atomic E-state index is 0.600. The van der Waals surface area contributed by atoms with Gasteiger partial charge in [-0.3, -0.25) is 0 Å². The van der Waals surface area contributed by atoms with E-state index in [1.807, 2.05) is 35.0 Å². The number of nitriles is 1. The van der Waals surface area contributed by atoms with Gasteiger partial charge in [-0.25, -0.2) is 9.97 Å². The lowest BCUT2D eigenvalue weighted by atomic mass is 10.1. The molecule has 22 heavy (non-hydrogen) atoms. The standard InChI is InChI=1S/C17H9N3S2/c18-10-11-5-6-12-13(9-11)20-17(15-4-2-8-22-15)16(19-12)14-3-1-7-21-14/h1-9H. The second kappa shape index (κ2) is 5.34. The lowest BCUT2D eigenvalue weighted by molar-refractivity contribution is 1.31. The van der Waals surface area contributed by atoms with Crippen LogP contribution in [0.4, 0.5) is 0 Å². The Hall–Kier alpha value is -2.55. The fourth-order valence-electron chi connectivity index (χ4n) is 2.29. The third-order valence-electron chi connectivity index (χ3n) is 3.30. The lowest BCUT2D eigenvalue weighted by Gasteiger charge is -2.07. The molecule has 0 aliphatic carbocycles. The summed E-state index contributed by atoms with van der Waals surface area (Å²) in [6, 6.07) is 15.7. The number of hydrogen-bond acceptors (Lipinski definition) is 5. The number of nitrogens with zero attached hydrogens (tertiary/aromatic N) is 3. The van der Waals surface area contributed by atoms with Crippen molar-refractivity contribution in [1.29, 1.82) is 5.26 Å². The van der Waals surface area contributed by atoms with E-state index in [9.17, 15) is 0 Å². The number of aromatic nitrogens is 2. The molecule has 0 saturated carbocycles. The summed E-state index contributed by atoms with van der Waals surface area (Å²) in [7, 11) is 0. The molecule has 4 aromatic rings. The minimum Gasteiger partial charge on any atom is -0.243 e. The summed E-state index contributed by atoms with van der Waals surface area (Å²) >= 11 is 3.30. The second-order valence-electron chi connectivity index (χ2n) is 4.69. The predicted octanol–water partition coefficient (Wildman–Crippen LogP) is 4.96. The van der Waals surface area contributed by atoms with Crippen LogP contribution in [0.1, 0.15) is 5.56 Å². The maximum atomic E-state index is 9.06. The van der Waals surface area contributed by atoms with Crippen LogP contribution >= 0.6 is 22.7 Å². The molecular formula is C17H9N3S2. The van der Waals surface area contributed by atoms with Crippen molar-refractivity contribution in [2.24, 2.45) is 0 Å². The number of fused-ring (bicyclic) bond motifs is 1. The first-order chi connectivity index (χ1) is 10.8. The first-order valence-electron chi connectivity index (χ1n) is 6.65. The molecule has 0 N–H and O–H groups in total. The third-order valence-corrected chi connectivity index (χ3v) is 5.06. The molecule has 4 rings (SSSR count). The van der Waals surface area contributed by atoms with Crippen LogP contribution in [0, 0.1) is 11.3 Å². The predicted molar refractivity (Wildman–Crippen MR) is 90.9 cm³/mol. The molecule has 0 radical (unpaired) electrons. The summed E-state index contributed by atoms with van der Waals surface area (Å²) in [5.41, 5.74) is 3.93. The largest absolute Gasteiger partial charge is 0.243 e. The highest BCUT2D eigenvalue weighted by molar-refractivity contribution is 7.14. The molecule has 0 aliphatic heterocycles. The van der Waals surface area contributed by atoms with Crippen molar-refractivity contribution in [3.05, 3.63) is 58.8 Å². The van der Waals surface area contributed by atoms with Crippen LogP contribution in [-0.4, -0.2) is 9.97 Å². The van der Waals surface area contributed by atoms with E-state index in [1.54, 1.807) is 34.8 Å². The summed E-state index contributed by atoms with van der Waals surface area (Å²) < 4.78 is 0. The Kier molecular flexibility index (Phi) is 3.19. The van der Waals surface area contributed by atoms with E-state index in [0.29, 0.717) is 5.56 Å². The summed E-state index contributed by atoms with van der Waals surface area (Å²) in [6.45, 7) is 0. The zero-order chi connectivity index (χ0) is 14.9. The average Bonchev–Trinajstić information content (AvgIpc) is 3.26. The molecule has 3 heterocycles. The summed E-state index contributed by atoms with van der Waals surface area (Å²) in [6.07, 6.45) is 0. The van der Waals surface area contributed by atoms with Gasteiger partial charge in [-0.1, -0.05) is 12.1 Å². The van der Waals surface area contributed by atoms with Gasteiger partial charge in [0.25, 0.3) is 0 Å². The van der Waals surface area contributed by atoms with Crippen LogP contribution in [-0.2, 0) is 0 Å². The molecule has 0 spiro atoms. The molecule has 3 aromatic heterocycles. The second-order valence-corrected chi connectivity index (χ2v) is 6.59.